The summed E-state index contributed by atoms with van der Waals surface area (Å²) in [7, 11) is 1.65. The highest BCUT2D eigenvalue weighted by Gasteiger charge is 1.97. The van der Waals surface area contributed by atoms with E-state index < -0.39 is 0 Å². The first-order valence-electron chi connectivity index (χ1n) is 3.62. The average Bonchev–Trinajstić information content (AvgIpc) is 2.05. The number of rotatable bonds is 2. The summed E-state index contributed by atoms with van der Waals surface area (Å²) < 4.78 is 12.7. The molecule has 1 aromatic rings. The zero-order chi connectivity index (χ0) is 8.97. The largest absolute Gasteiger partial charge is 0.296 e. The van der Waals surface area contributed by atoms with E-state index in [0.717, 1.165) is 11.1 Å². The van der Waals surface area contributed by atoms with E-state index in [9.17, 15) is 4.39 Å². The van der Waals surface area contributed by atoms with E-state index in [-0.39, 0.29) is 5.82 Å². The number of halogens is 1. The highest BCUT2D eigenvalue weighted by molar-refractivity contribution is 5.85. The monoisotopic (exact) mass is 163 g/mol. The third-order valence-electron chi connectivity index (χ3n) is 1.54. The first-order chi connectivity index (χ1) is 5.77. The van der Waals surface area contributed by atoms with Gasteiger partial charge < -0.3 is 0 Å². The minimum Gasteiger partial charge on any atom is -0.296 e. The van der Waals surface area contributed by atoms with Crippen molar-refractivity contribution in [3.63, 3.8) is 0 Å². The molecule has 0 spiro atoms. The zero-order valence-corrected chi connectivity index (χ0v) is 6.92. The Morgan fingerprint density at radius 3 is 2.75 bits per heavy atom. The van der Waals surface area contributed by atoms with Crippen molar-refractivity contribution in [1.82, 2.24) is 0 Å². The van der Waals surface area contributed by atoms with Gasteiger partial charge in [-0.1, -0.05) is 18.7 Å². The molecular formula is C10H10FN. The summed E-state index contributed by atoms with van der Waals surface area (Å²) in [6.07, 6.45) is 3.29. The van der Waals surface area contributed by atoms with E-state index in [1.165, 1.54) is 12.1 Å². The maximum Gasteiger partial charge on any atom is 0.123 e. The SMILES string of the molecule is C=Cc1ccc(F)cc1/C=N\C. The van der Waals surface area contributed by atoms with Gasteiger partial charge in [-0.05, 0) is 17.7 Å². The normalized spacial score (nSPS) is 10.5. The fourth-order valence-corrected chi connectivity index (χ4v) is 0.982. The van der Waals surface area contributed by atoms with Crippen molar-refractivity contribution in [2.45, 2.75) is 0 Å². The van der Waals surface area contributed by atoms with Gasteiger partial charge in [0.05, 0.1) is 0 Å². The lowest BCUT2D eigenvalue weighted by Crippen LogP contribution is -1.88. The molecule has 12 heavy (non-hydrogen) atoms. The molecule has 0 radical (unpaired) electrons. The van der Waals surface area contributed by atoms with Crippen LogP contribution in [0.1, 0.15) is 11.1 Å². The first kappa shape index (κ1) is 8.65. The van der Waals surface area contributed by atoms with Crippen LogP contribution in [0.25, 0.3) is 6.08 Å². The summed E-state index contributed by atoms with van der Waals surface area (Å²) in [5, 5.41) is 0. The van der Waals surface area contributed by atoms with Crippen LogP contribution in [-0.2, 0) is 0 Å². The van der Waals surface area contributed by atoms with E-state index in [2.05, 4.69) is 11.6 Å². The minimum atomic E-state index is -0.254. The maximum absolute atomic E-state index is 12.7. The number of aliphatic imine (C=N–C) groups is 1. The molecule has 0 heterocycles. The van der Waals surface area contributed by atoms with Crippen LogP contribution in [0.3, 0.4) is 0 Å². The van der Waals surface area contributed by atoms with E-state index in [1.807, 2.05) is 0 Å². The summed E-state index contributed by atoms with van der Waals surface area (Å²) in [6.45, 7) is 3.62. The quantitative estimate of drug-likeness (QED) is 0.594. The molecule has 1 rings (SSSR count). The van der Waals surface area contributed by atoms with E-state index >= 15 is 0 Å². The van der Waals surface area contributed by atoms with Gasteiger partial charge in [0.15, 0.2) is 0 Å². The predicted molar refractivity (Wildman–Crippen MR) is 50.0 cm³/mol. The Morgan fingerprint density at radius 2 is 2.17 bits per heavy atom. The summed E-state index contributed by atoms with van der Waals surface area (Å²) in [5.74, 6) is -0.254. The average molecular weight is 163 g/mol. The molecule has 0 saturated heterocycles. The molecule has 0 N–H and O–H groups in total. The van der Waals surface area contributed by atoms with Gasteiger partial charge in [-0.2, -0.15) is 0 Å². The Labute approximate surface area is 71.3 Å². The van der Waals surface area contributed by atoms with Crippen LogP contribution in [-0.4, -0.2) is 13.3 Å². The smallest absolute Gasteiger partial charge is 0.123 e. The minimum absolute atomic E-state index is 0.254. The highest BCUT2D eigenvalue weighted by atomic mass is 19.1. The second-order valence-corrected chi connectivity index (χ2v) is 2.36. The molecule has 0 aliphatic heterocycles. The Morgan fingerprint density at radius 1 is 1.42 bits per heavy atom. The third kappa shape index (κ3) is 1.78. The van der Waals surface area contributed by atoms with Crippen molar-refractivity contribution in [2.24, 2.45) is 4.99 Å². The van der Waals surface area contributed by atoms with Gasteiger partial charge in [-0.15, -0.1) is 0 Å². The molecule has 2 heteroatoms. The fraction of sp³-hybridized carbons (Fsp3) is 0.100. The molecule has 0 unspecified atom stereocenters. The molecule has 0 atom stereocenters. The topological polar surface area (TPSA) is 12.4 Å². The van der Waals surface area contributed by atoms with Gasteiger partial charge >= 0.3 is 0 Å². The molecule has 0 bridgehead atoms. The number of hydrogen-bond donors (Lipinski definition) is 0. The standard InChI is InChI=1S/C10H10FN/c1-3-8-4-5-10(11)6-9(8)7-12-2/h3-7H,1H2,2H3/b12-7-. The van der Waals surface area contributed by atoms with Crippen LogP contribution in [0.2, 0.25) is 0 Å². The molecule has 0 amide bonds. The molecule has 0 saturated carbocycles. The molecule has 62 valence electrons. The van der Waals surface area contributed by atoms with E-state index in [4.69, 9.17) is 0 Å². The molecule has 0 aliphatic carbocycles. The number of benzene rings is 1. The zero-order valence-electron chi connectivity index (χ0n) is 6.92. The van der Waals surface area contributed by atoms with Gasteiger partial charge in [0.1, 0.15) is 5.82 Å². The van der Waals surface area contributed by atoms with Crippen LogP contribution in [0, 0.1) is 5.82 Å². The summed E-state index contributed by atoms with van der Waals surface area (Å²) >= 11 is 0. The second-order valence-electron chi connectivity index (χ2n) is 2.36. The van der Waals surface area contributed by atoms with Gasteiger partial charge in [0.2, 0.25) is 0 Å². The number of hydrogen-bond acceptors (Lipinski definition) is 1. The fourth-order valence-electron chi connectivity index (χ4n) is 0.982. The van der Waals surface area contributed by atoms with Crippen molar-refractivity contribution in [3.8, 4) is 0 Å². The van der Waals surface area contributed by atoms with Crippen LogP contribution < -0.4 is 0 Å². The van der Waals surface area contributed by atoms with E-state index in [0.29, 0.717) is 0 Å². The lowest BCUT2D eigenvalue weighted by molar-refractivity contribution is 0.627. The summed E-state index contributed by atoms with van der Waals surface area (Å²) in [5.41, 5.74) is 1.65. The Hall–Kier alpha value is -1.44. The van der Waals surface area contributed by atoms with Crippen LogP contribution >= 0.6 is 0 Å². The number of nitrogens with zero attached hydrogens (tertiary/aromatic N) is 1. The molecule has 1 nitrogen and oxygen atoms in total. The molecule has 0 aliphatic rings. The van der Waals surface area contributed by atoms with Gasteiger partial charge in [0.25, 0.3) is 0 Å². The lowest BCUT2D eigenvalue weighted by atomic mass is 10.1. The summed E-state index contributed by atoms with van der Waals surface area (Å²) in [4.78, 5) is 3.82. The predicted octanol–water partition coefficient (Wildman–Crippen LogP) is 2.52. The molecular weight excluding hydrogens is 153 g/mol. The van der Waals surface area contributed by atoms with Crippen molar-refractivity contribution in [3.05, 3.63) is 41.7 Å². The van der Waals surface area contributed by atoms with Crippen LogP contribution in [0.4, 0.5) is 4.39 Å². The van der Waals surface area contributed by atoms with Crippen LogP contribution in [0.5, 0.6) is 0 Å². The second kappa shape index (κ2) is 3.81. The molecule has 0 aromatic heterocycles. The Balaban J connectivity index is 3.20. The Kier molecular flexibility index (Phi) is 2.75. The van der Waals surface area contributed by atoms with Crippen molar-refractivity contribution in [1.29, 1.82) is 0 Å². The van der Waals surface area contributed by atoms with Crippen LogP contribution in [0.15, 0.2) is 29.8 Å². The molecule has 1 aromatic carbocycles. The van der Waals surface area contributed by atoms with E-state index in [1.54, 1.807) is 25.4 Å². The maximum atomic E-state index is 12.7. The van der Waals surface area contributed by atoms with Crippen molar-refractivity contribution >= 4 is 12.3 Å². The van der Waals surface area contributed by atoms with Gasteiger partial charge in [0, 0.05) is 18.8 Å². The van der Waals surface area contributed by atoms with Crippen molar-refractivity contribution in [2.75, 3.05) is 7.05 Å². The van der Waals surface area contributed by atoms with Crippen molar-refractivity contribution < 1.29 is 4.39 Å². The highest BCUT2D eigenvalue weighted by Crippen LogP contribution is 2.10. The third-order valence-corrected chi connectivity index (χ3v) is 1.54. The first-order valence-corrected chi connectivity index (χ1v) is 3.62. The molecule has 0 fully saturated rings. The Bertz CT molecular complexity index is 316. The van der Waals surface area contributed by atoms with Gasteiger partial charge in [-0.3, -0.25) is 4.99 Å². The summed E-state index contributed by atoms with van der Waals surface area (Å²) in [6, 6.07) is 4.52. The van der Waals surface area contributed by atoms with Gasteiger partial charge in [-0.25, -0.2) is 4.39 Å². The lowest BCUT2D eigenvalue weighted by Gasteiger charge is -1.98.